The fraction of sp³-hybridized carbons (Fsp3) is 0.667. The number of nitrogens with zero attached hydrogens (tertiary/aromatic N) is 5. The van der Waals surface area contributed by atoms with Crippen molar-refractivity contribution in [1.82, 2.24) is 24.4 Å². The van der Waals surface area contributed by atoms with E-state index in [0.717, 1.165) is 6.54 Å². The van der Waals surface area contributed by atoms with Crippen LogP contribution in [0.15, 0.2) is 12.7 Å². The molecule has 2 aromatic rings. The monoisotopic (exact) mass is 352 g/mol. The van der Waals surface area contributed by atoms with E-state index in [2.05, 4.69) is 20.3 Å². The largest absolute Gasteiger partial charge is 0.394 e. The Bertz CT molecular complexity index is 734. The van der Waals surface area contributed by atoms with Crippen molar-refractivity contribution < 1.29 is 20.1 Å². The number of hydrogen-bond donors (Lipinski definition) is 4. The summed E-state index contributed by atoms with van der Waals surface area (Å²) in [4.78, 5) is 14.8. The third-order valence-corrected chi connectivity index (χ3v) is 4.40. The lowest BCUT2D eigenvalue weighted by Crippen LogP contribution is -2.44. The van der Waals surface area contributed by atoms with Crippen LogP contribution in [0.1, 0.15) is 13.2 Å². The predicted molar refractivity (Wildman–Crippen MR) is 90.0 cm³/mol. The zero-order chi connectivity index (χ0) is 18.2. The number of likely N-dealkylation sites (N-methyl/N-ethyl adjacent to an activating group) is 1. The molecule has 0 bridgehead atoms. The molecule has 0 spiro atoms. The summed E-state index contributed by atoms with van der Waals surface area (Å²) < 4.78 is 7.18. The number of ether oxygens (including phenoxy) is 1. The maximum Gasteiger partial charge on any atom is 0.168 e. The minimum Gasteiger partial charge on any atom is -0.394 e. The van der Waals surface area contributed by atoms with Crippen LogP contribution in [0.5, 0.6) is 0 Å². The van der Waals surface area contributed by atoms with Crippen LogP contribution >= 0.6 is 0 Å². The van der Waals surface area contributed by atoms with Crippen molar-refractivity contribution in [1.29, 1.82) is 0 Å². The van der Waals surface area contributed by atoms with Crippen molar-refractivity contribution in [2.75, 3.05) is 39.1 Å². The molecule has 3 heterocycles. The molecule has 0 amide bonds. The van der Waals surface area contributed by atoms with Gasteiger partial charge in [0.25, 0.3) is 0 Å². The highest BCUT2D eigenvalue weighted by atomic mass is 16.6. The smallest absolute Gasteiger partial charge is 0.168 e. The molecule has 0 radical (unpaired) electrons. The van der Waals surface area contributed by atoms with E-state index in [1.54, 1.807) is 4.57 Å². The lowest BCUT2D eigenvalue weighted by Gasteiger charge is -2.27. The average molecular weight is 352 g/mol. The van der Waals surface area contributed by atoms with Crippen LogP contribution < -0.4 is 5.32 Å². The molecule has 0 saturated carbocycles. The van der Waals surface area contributed by atoms with Gasteiger partial charge in [-0.3, -0.25) is 4.57 Å². The Morgan fingerprint density at radius 3 is 2.76 bits per heavy atom. The molecule has 10 nitrogen and oxygen atoms in total. The number of rotatable bonds is 6. The highest BCUT2D eigenvalue weighted by Gasteiger charge is 2.53. The van der Waals surface area contributed by atoms with Gasteiger partial charge >= 0.3 is 0 Å². The topological polar surface area (TPSA) is 129 Å². The van der Waals surface area contributed by atoms with Gasteiger partial charge in [0.2, 0.25) is 0 Å². The summed E-state index contributed by atoms with van der Waals surface area (Å²) in [5, 5.41) is 33.3. The van der Waals surface area contributed by atoms with Crippen LogP contribution in [0.4, 0.5) is 5.82 Å². The van der Waals surface area contributed by atoms with Crippen LogP contribution in [0.3, 0.4) is 0 Å². The first-order valence-corrected chi connectivity index (χ1v) is 8.09. The van der Waals surface area contributed by atoms with Crippen LogP contribution in [-0.4, -0.2) is 91.3 Å². The van der Waals surface area contributed by atoms with Gasteiger partial charge in [0.1, 0.15) is 24.1 Å². The number of nitrogens with one attached hydrogen (secondary N) is 1. The SMILES string of the molecule is CN(C)CCNc1ncnc2c1ncn2[C@@H]1O[C@H](CO)[C@@H](O)[C@@]1(C)O. The maximum absolute atomic E-state index is 10.6. The summed E-state index contributed by atoms with van der Waals surface area (Å²) in [6, 6.07) is 0. The minimum absolute atomic E-state index is 0.396. The van der Waals surface area contributed by atoms with Gasteiger partial charge in [-0.05, 0) is 21.0 Å². The van der Waals surface area contributed by atoms with E-state index in [9.17, 15) is 15.3 Å². The second-order valence-corrected chi connectivity index (χ2v) is 6.66. The van der Waals surface area contributed by atoms with Gasteiger partial charge < -0.3 is 30.3 Å². The summed E-state index contributed by atoms with van der Waals surface area (Å²) in [6.07, 6.45) is -0.130. The third kappa shape index (κ3) is 3.18. The summed E-state index contributed by atoms with van der Waals surface area (Å²) in [6.45, 7) is 2.58. The van der Waals surface area contributed by atoms with Gasteiger partial charge in [-0.25, -0.2) is 15.0 Å². The van der Waals surface area contributed by atoms with Gasteiger partial charge in [0, 0.05) is 13.1 Å². The molecule has 138 valence electrons. The maximum atomic E-state index is 10.6. The number of aliphatic hydroxyl groups is 3. The fourth-order valence-corrected chi connectivity index (χ4v) is 2.94. The van der Waals surface area contributed by atoms with E-state index >= 15 is 0 Å². The predicted octanol–water partition coefficient (Wildman–Crippen LogP) is -1.20. The first kappa shape index (κ1) is 18.0. The molecular weight excluding hydrogens is 328 g/mol. The summed E-state index contributed by atoms with van der Waals surface area (Å²) in [5.41, 5.74) is -0.578. The van der Waals surface area contributed by atoms with E-state index in [1.807, 2.05) is 19.0 Å². The highest BCUT2D eigenvalue weighted by molar-refractivity contribution is 5.82. The van der Waals surface area contributed by atoms with Crippen LogP contribution in [0.25, 0.3) is 11.2 Å². The van der Waals surface area contributed by atoms with Gasteiger partial charge in [0.15, 0.2) is 23.2 Å². The van der Waals surface area contributed by atoms with E-state index in [4.69, 9.17) is 4.74 Å². The zero-order valence-corrected chi connectivity index (χ0v) is 14.5. The van der Waals surface area contributed by atoms with Crippen molar-refractivity contribution in [3.05, 3.63) is 12.7 Å². The molecule has 0 aromatic carbocycles. The Morgan fingerprint density at radius 2 is 2.12 bits per heavy atom. The Labute approximate surface area is 145 Å². The Balaban J connectivity index is 1.91. The van der Waals surface area contributed by atoms with Crippen LogP contribution in [-0.2, 0) is 4.74 Å². The molecule has 1 fully saturated rings. The van der Waals surface area contributed by atoms with Gasteiger partial charge in [-0.15, -0.1) is 0 Å². The lowest BCUT2D eigenvalue weighted by atomic mass is 9.96. The zero-order valence-electron chi connectivity index (χ0n) is 14.5. The Hall–Kier alpha value is -1.85. The first-order valence-electron chi connectivity index (χ1n) is 8.09. The molecular formula is C15H24N6O4. The number of fused-ring (bicyclic) bond motifs is 1. The second kappa shape index (κ2) is 6.81. The van der Waals surface area contributed by atoms with Crippen molar-refractivity contribution in [2.45, 2.75) is 31.0 Å². The molecule has 4 N–H and O–H groups in total. The van der Waals surface area contributed by atoms with Crippen LogP contribution in [0.2, 0.25) is 0 Å². The molecule has 1 saturated heterocycles. The first-order chi connectivity index (χ1) is 11.9. The highest BCUT2D eigenvalue weighted by Crippen LogP contribution is 2.39. The van der Waals surface area contributed by atoms with E-state index in [0.29, 0.717) is 23.5 Å². The summed E-state index contributed by atoms with van der Waals surface area (Å²) >= 11 is 0. The molecule has 2 aromatic heterocycles. The number of aliphatic hydroxyl groups excluding tert-OH is 2. The van der Waals surface area contributed by atoms with Gasteiger partial charge in [-0.1, -0.05) is 0 Å². The number of aromatic nitrogens is 4. The quantitative estimate of drug-likeness (QED) is 0.507. The van der Waals surface area contributed by atoms with Crippen molar-refractivity contribution in [3.63, 3.8) is 0 Å². The molecule has 4 atom stereocenters. The van der Waals surface area contributed by atoms with E-state index in [-0.39, 0.29) is 0 Å². The molecule has 1 aliphatic rings. The summed E-state index contributed by atoms with van der Waals surface area (Å²) in [7, 11) is 3.96. The number of imidazole rings is 1. The van der Waals surface area contributed by atoms with Crippen LogP contribution in [0, 0.1) is 0 Å². The molecule has 25 heavy (non-hydrogen) atoms. The average Bonchev–Trinajstić information content (AvgIpc) is 3.08. The molecule has 0 unspecified atom stereocenters. The second-order valence-electron chi connectivity index (χ2n) is 6.66. The standard InChI is InChI=1S/C15H24N6O4/c1-15(24)11(23)9(6-22)25-14(15)21-8-19-10-12(16-4-5-20(2)3)17-7-18-13(10)21/h7-9,11,14,22-24H,4-6H2,1-3H3,(H,16,17,18)/t9-,11-,14-,15-/m1/s1. The van der Waals surface area contributed by atoms with Gasteiger partial charge in [0.05, 0.1) is 12.9 Å². The number of hydrogen-bond acceptors (Lipinski definition) is 9. The third-order valence-electron chi connectivity index (χ3n) is 4.40. The fourth-order valence-electron chi connectivity index (χ4n) is 2.94. The van der Waals surface area contributed by atoms with Crippen molar-refractivity contribution in [3.8, 4) is 0 Å². The van der Waals surface area contributed by atoms with E-state index in [1.165, 1.54) is 19.6 Å². The molecule has 1 aliphatic heterocycles. The normalized spacial score (nSPS) is 29.6. The van der Waals surface area contributed by atoms with Crippen molar-refractivity contribution >= 4 is 17.0 Å². The molecule has 3 rings (SSSR count). The lowest BCUT2D eigenvalue weighted by molar-refractivity contribution is -0.0950. The Morgan fingerprint density at radius 1 is 1.36 bits per heavy atom. The summed E-state index contributed by atoms with van der Waals surface area (Å²) in [5.74, 6) is 0.586. The molecule has 10 heteroatoms. The van der Waals surface area contributed by atoms with Crippen molar-refractivity contribution in [2.24, 2.45) is 0 Å². The van der Waals surface area contributed by atoms with E-state index < -0.39 is 30.6 Å². The van der Waals surface area contributed by atoms with Gasteiger partial charge in [-0.2, -0.15) is 0 Å². The Kier molecular flexibility index (Phi) is 4.89. The minimum atomic E-state index is -1.59. The molecule has 0 aliphatic carbocycles. The number of anilines is 1.